The van der Waals surface area contributed by atoms with Crippen LogP contribution in [-0.2, 0) is 0 Å². The normalized spacial score (nSPS) is 25.5. The van der Waals surface area contributed by atoms with Crippen LogP contribution in [0.5, 0.6) is 0 Å². The fourth-order valence-corrected chi connectivity index (χ4v) is 1.41. The van der Waals surface area contributed by atoms with Crippen LogP contribution in [0.1, 0.15) is 20.8 Å². The molecule has 1 saturated heterocycles. The maximum absolute atomic E-state index is 13.1. The second-order valence-corrected chi connectivity index (χ2v) is 4.92. The predicted molar refractivity (Wildman–Crippen MR) is 64.7 cm³/mol. The van der Waals surface area contributed by atoms with Crippen molar-refractivity contribution in [2.24, 2.45) is 5.92 Å². The molecule has 0 N–H and O–H groups in total. The van der Waals surface area contributed by atoms with Crippen molar-refractivity contribution in [2.45, 2.75) is 33.0 Å². The molecule has 1 heterocycles. The Balaban J connectivity index is 0.000000423. The molecule has 2 nitrogen and oxygen atoms in total. The Morgan fingerprint density at radius 1 is 1.33 bits per heavy atom. The Kier molecular flexibility index (Phi) is 6.57. The van der Waals surface area contributed by atoms with E-state index in [9.17, 15) is 4.39 Å². The highest BCUT2D eigenvalue weighted by molar-refractivity contribution is 4.92. The second-order valence-electron chi connectivity index (χ2n) is 4.92. The van der Waals surface area contributed by atoms with E-state index >= 15 is 0 Å². The molecule has 0 saturated carbocycles. The van der Waals surface area contributed by atoms with Crippen molar-refractivity contribution in [1.82, 2.24) is 9.80 Å². The zero-order valence-electron chi connectivity index (χ0n) is 10.7. The van der Waals surface area contributed by atoms with Crippen LogP contribution in [0.25, 0.3) is 0 Å². The van der Waals surface area contributed by atoms with Gasteiger partial charge < -0.3 is 9.80 Å². The van der Waals surface area contributed by atoms with E-state index in [0.717, 1.165) is 12.5 Å². The third-order valence-electron chi connectivity index (χ3n) is 2.17. The summed E-state index contributed by atoms with van der Waals surface area (Å²) in [6, 6.07) is 0.0352. The summed E-state index contributed by atoms with van der Waals surface area (Å²) in [5.74, 6) is 0.833. The molecule has 15 heavy (non-hydrogen) atoms. The van der Waals surface area contributed by atoms with Gasteiger partial charge in [0, 0.05) is 6.54 Å². The summed E-state index contributed by atoms with van der Waals surface area (Å²) in [6.07, 6.45) is 0.971. The molecule has 1 fully saturated rings. The van der Waals surface area contributed by atoms with E-state index < -0.39 is 6.17 Å². The van der Waals surface area contributed by atoms with Crippen LogP contribution < -0.4 is 0 Å². The molecule has 0 bridgehead atoms. The topological polar surface area (TPSA) is 6.48 Å². The SMILES string of the molecule is C=CN1CC(F)C(N(C)C)C1.CC(C)C. The summed E-state index contributed by atoms with van der Waals surface area (Å²) in [6.45, 7) is 11.4. The molecule has 0 spiro atoms. The van der Waals surface area contributed by atoms with Crippen molar-refractivity contribution in [3.05, 3.63) is 12.8 Å². The van der Waals surface area contributed by atoms with Crippen LogP contribution in [-0.4, -0.2) is 49.2 Å². The van der Waals surface area contributed by atoms with Crippen molar-refractivity contribution in [3.63, 3.8) is 0 Å². The van der Waals surface area contributed by atoms with Gasteiger partial charge in [-0.25, -0.2) is 4.39 Å². The van der Waals surface area contributed by atoms with Crippen LogP contribution in [0.2, 0.25) is 0 Å². The van der Waals surface area contributed by atoms with Crippen LogP contribution >= 0.6 is 0 Å². The number of likely N-dealkylation sites (tertiary alicyclic amines) is 1. The second kappa shape index (κ2) is 6.83. The first-order valence-corrected chi connectivity index (χ1v) is 5.55. The molecule has 1 aliphatic heterocycles. The van der Waals surface area contributed by atoms with Gasteiger partial charge in [-0.1, -0.05) is 27.4 Å². The van der Waals surface area contributed by atoms with Gasteiger partial charge in [-0.2, -0.15) is 0 Å². The summed E-state index contributed by atoms with van der Waals surface area (Å²) < 4.78 is 13.1. The highest BCUT2D eigenvalue weighted by Crippen LogP contribution is 2.16. The number of likely N-dealkylation sites (N-methyl/N-ethyl adjacent to an activating group) is 1. The molecule has 0 aromatic rings. The summed E-state index contributed by atoms with van der Waals surface area (Å²) in [5.41, 5.74) is 0. The van der Waals surface area contributed by atoms with E-state index in [-0.39, 0.29) is 6.04 Å². The number of alkyl halides is 1. The first-order valence-electron chi connectivity index (χ1n) is 5.55. The average Bonchev–Trinajstić information content (AvgIpc) is 2.45. The van der Waals surface area contributed by atoms with Gasteiger partial charge in [-0.15, -0.1) is 0 Å². The van der Waals surface area contributed by atoms with E-state index in [0.29, 0.717) is 6.54 Å². The first-order chi connectivity index (χ1) is 6.88. The minimum atomic E-state index is -0.733. The van der Waals surface area contributed by atoms with Crippen molar-refractivity contribution in [3.8, 4) is 0 Å². The quantitative estimate of drug-likeness (QED) is 0.699. The van der Waals surface area contributed by atoms with Crippen LogP contribution in [0.4, 0.5) is 4.39 Å². The van der Waals surface area contributed by atoms with Crippen LogP contribution in [0.3, 0.4) is 0 Å². The molecule has 0 amide bonds. The Labute approximate surface area is 93.7 Å². The fraction of sp³-hybridized carbons (Fsp3) is 0.833. The summed E-state index contributed by atoms with van der Waals surface area (Å²) >= 11 is 0. The molecule has 1 rings (SSSR count). The average molecular weight is 216 g/mol. The lowest BCUT2D eigenvalue weighted by Crippen LogP contribution is -2.35. The maximum Gasteiger partial charge on any atom is 0.135 e. The molecular weight excluding hydrogens is 191 g/mol. The zero-order chi connectivity index (χ0) is 12.0. The number of rotatable bonds is 2. The molecule has 2 unspecified atom stereocenters. The minimum absolute atomic E-state index is 0.0352. The Morgan fingerprint density at radius 2 is 1.80 bits per heavy atom. The fourth-order valence-electron chi connectivity index (χ4n) is 1.41. The van der Waals surface area contributed by atoms with Gasteiger partial charge in [0.1, 0.15) is 6.17 Å². The number of hydrogen-bond acceptors (Lipinski definition) is 2. The molecule has 0 radical (unpaired) electrons. The van der Waals surface area contributed by atoms with Crippen molar-refractivity contribution in [2.75, 3.05) is 27.2 Å². The Bertz CT molecular complexity index is 178. The molecule has 0 aromatic heterocycles. The highest BCUT2D eigenvalue weighted by atomic mass is 19.1. The van der Waals surface area contributed by atoms with E-state index in [4.69, 9.17) is 0 Å². The van der Waals surface area contributed by atoms with E-state index in [1.807, 2.05) is 23.9 Å². The molecule has 1 aliphatic rings. The standard InChI is InChI=1S/C8H15FN2.C4H10/c1-4-11-5-7(9)8(6-11)10(2)3;1-4(2)3/h4,7-8H,1,5-6H2,2-3H3;4H,1-3H3. The Hall–Kier alpha value is -0.570. The van der Waals surface area contributed by atoms with E-state index in [1.54, 1.807) is 6.20 Å². The molecule has 2 atom stereocenters. The molecule has 3 heteroatoms. The first kappa shape index (κ1) is 14.4. The minimum Gasteiger partial charge on any atom is -0.373 e. The summed E-state index contributed by atoms with van der Waals surface area (Å²) in [7, 11) is 3.81. The van der Waals surface area contributed by atoms with Gasteiger partial charge in [0.2, 0.25) is 0 Å². The van der Waals surface area contributed by atoms with E-state index in [1.165, 1.54) is 0 Å². The van der Waals surface area contributed by atoms with Gasteiger partial charge in [-0.05, 0) is 26.2 Å². The van der Waals surface area contributed by atoms with Gasteiger partial charge in [0.05, 0.1) is 12.6 Å². The largest absolute Gasteiger partial charge is 0.373 e. The van der Waals surface area contributed by atoms with Crippen molar-refractivity contribution >= 4 is 0 Å². The van der Waals surface area contributed by atoms with E-state index in [2.05, 4.69) is 27.4 Å². The van der Waals surface area contributed by atoms with Gasteiger partial charge in [-0.3, -0.25) is 0 Å². The maximum atomic E-state index is 13.1. The van der Waals surface area contributed by atoms with Crippen molar-refractivity contribution < 1.29 is 4.39 Å². The number of halogens is 1. The lowest BCUT2D eigenvalue weighted by molar-refractivity contribution is 0.202. The monoisotopic (exact) mass is 216 g/mol. The zero-order valence-corrected chi connectivity index (χ0v) is 10.7. The third kappa shape index (κ3) is 5.78. The lowest BCUT2D eigenvalue weighted by atomic mass is 10.2. The van der Waals surface area contributed by atoms with Crippen molar-refractivity contribution in [1.29, 1.82) is 0 Å². The highest BCUT2D eigenvalue weighted by Gasteiger charge is 2.32. The van der Waals surface area contributed by atoms with Gasteiger partial charge in [0.25, 0.3) is 0 Å². The van der Waals surface area contributed by atoms with Gasteiger partial charge in [0.15, 0.2) is 0 Å². The molecule has 0 aromatic carbocycles. The molecular formula is C12H25FN2. The Morgan fingerprint density at radius 3 is 2.00 bits per heavy atom. The molecule has 0 aliphatic carbocycles. The predicted octanol–water partition coefficient (Wildman–Crippen LogP) is 2.38. The number of nitrogens with zero attached hydrogens (tertiary/aromatic N) is 2. The summed E-state index contributed by atoms with van der Waals surface area (Å²) in [4.78, 5) is 3.84. The summed E-state index contributed by atoms with van der Waals surface area (Å²) in [5, 5.41) is 0. The van der Waals surface area contributed by atoms with Gasteiger partial charge >= 0.3 is 0 Å². The number of hydrogen-bond donors (Lipinski definition) is 0. The van der Waals surface area contributed by atoms with Crippen LogP contribution in [0, 0.1) is 5.92 Å². The third-order valence-corrected chi connectivity index (χ3v) is 2.17. The van der Waals surface area contributed by atoms with Crippen LogP contribution in [0.15, 0.2) is 12.8 Å². The molecule has 90 valence electrons. The lowest BCUT2D eigenvalue weighted by Gasteiger charge is -2.19. The smallest absolute Gasteiger partial charge is 0.135 e.